The number of piperidine rings is 1. The van der Waals surface area contributed by atoms with Gasteiger partial charge in [-0.3, -0.25) is 14.9 Å². The van der Waals surface area contributed by atoms with Crippen molar-refractivity contribution in [2.75, 3.05) is 23.3 Å². The molecule has 0 saturated carbocycles. The number of nitrogens with zero attached hydrogens (tertiary/aromatic N) is 3. The molecule has 1 fully saturated rings. The summed E-state index contributed by atoms with van der Waals surface area (Å²) < 4.78 is 1.00. The summed E-state index contributed by atoms with van der Waals surface area (Å²) in [5.74, 6) is 0.0158. The summed E-state index contributed by atoms with van der Waals surface area (Å²) in [6.07, 6.45) is 3.20. The molecular formula is C18H19IN4O3. The van der Waals surface area contributed by atoms with Crippen LogP contribution in [0.3, 0.4) is 0 Å². The third-order valence-electron chi connectivity index (χ3n) is 4.39. The summed E-state index contributed by atoms with van der Waals surface area (Å²) in [6.45, 7) is 3.46. The summed E-state index contributed by atoms with van der Waals surface area (Å²) >= 11 is 2.17. The molecule has 26 heavy (non-hydrogen) atoms. The van der Waals surface area contributed by atoms with Crippen LogP contribution in [0.25, 0.3) is 0 Å². The van der Waals surface area contributed by atoms with E-state index >= 15 is 0 Å². The zero-order chi connectivity index (χ0) is 18.7. The Bertz CT molecular complexity index is 850. The SMILES string of the molecule is Cc1nc(NC(=O)c2ccc(N3CCCCC3)c([N+](=O)[O-])c2)ccc1I. The highest BCUT2D eigenvalue weighted by Gasteiger charge is 2.23. The molecule has 1 aliphatic heterocycles. The van der Waals surface area contributed by atoms with Crippen molar-refractivity contribution in [1.82, 2.24) is 4.98 Å². The number of carbonyl (C=O) groups excluding carboxylic acids is 1. The first-order valence-corrected chi connectivity index (χ1v) is 9.51. The highest BCUT2D eigenvalue weighted by molar-refractivity contribution is 14.1. The van der Waals surface area contributed by atoms with Gasteiger partial charge in [-0.2, -0.15) is 0 Å². The van der Waals surface area contributed by atoms with Crippen molar-refractivity contribution in [2.24, 2.45) is 0 Å². The van der Waals surface area contributed by atoms with Gasteiger partial charge in [-0.15, -0.1) is 0 Å². The molecule has 3 rings (SSSR count). The smallest absolute Gasteiger partial charge is 0.293 e. The minimum absolute atomic E-state index is 0.0358. The van der Waals surface area contributed by atoms with Crippen LogP contribution in [0.15, 0.2) is 30.3 Å². The van der Waals surface area contributed by atoms with Crippen LogP contribution in [-0.4, -0.2) is 28.9 Å². The quantitative estimate of drug-likeness (QED) is 0.416. The van der Waals surface area contributed by atoms with Gasteiger partial charge in [-0.1, -0.05) is 0 Å². The number of carbonyl (C=O) groups is 1. The Kier molecular flexibility index (Phi) is 5.70. The summed E-state index contributed by atoms with van der Waals surface area (Å²) in [5.41, 5.74) is 1.60. The van der Waals surface area contributed by atoms with E-state index in [2.05, 4.69) is 32.9 Å². The van der Waals surface area contributed by atoms with Crippen LogP contribution >= 0.6 is 22.6 Å². The highest BCUT2D eigenvalue weighted by atomic mass is 127. The van der Waals surface area contributed by atoms with E-state index in [0.717, 1.165) is 41.6 Å². The monoisotopic (exact) mass is 466 g/mol. The maximum absolute atomic E-state index is 12.5. The molecule has 2 aromatic rings. The molecule has 0 radical (unpaired) electrons. The van der Waals surface area contributed by atoms with E-state index in [9.17, 15) is 14.9 Å². The molecule has 8 heteroatoms. The minimum Gasteiger partial charge on any atom is -0.366 e. The van der Waals surface area contributed by atoms with Gasteiger partial charge in [0, 0.05) is 28.3 Å². The molecule has 2 heterocycles. The number of hydrogen-bond donors (Lipinski definition) is 1. The molecule has 0 bridgehead atoms. The molecule has 1 aliphatic rings. The predicted molar refractivity (Wildman–Crippen MR) is 109 cm³/mol. The summed E-state index contributed by atoms with van der Waals surface area (Å²) in [7, 11) is 0. The molecule has 0 unspecified atom stereocenters. The number of nitrogens with one attached hydrogen (secondary N) is 1. The Morgan fingerprint density at radius 2 is 1.96 bits per heavy atom. The van der Waals surface area contributed by atoms with Crippen LogP contribution in [0, 0.1) is 20.6 Å². The topological polar surface area (TPSA) is 88.4 Å². The van der Waals surface area contributed by atoms with Gasteiger partial charge < -0.3 is 10.2 Å². The van der Waals surface area contributed by atoms with Gasteiger partial charge >= 0.3 is 0 Å². The molecule has 0 atom stereocenters. The lowest BCUT2D eigenvalue weighted by Gasteiger charge is -2.28. The second-order valence-electron chi connectivity index (χ2n) is 6.23. The number of nitro benzene ring substituents is 1. The number of hydrogen-bond acceptors (Lipinski definition) is 5. The average molecular weight is 466 g/mol. The van der Waals surface area contributed by atoms with Crippen molar-refractivity contribution in [3.63, 3.8) is 0 Å². The van der Waals surface area contributed by atoms with Crippen LogP contribution in [0.1, 0.15) is 35.3 Å². The Labute approximate surface area is 165 Å². The first-order chi connectivity index (χ1) is 12.5. The van der Waals surface area contributed by atoms with Gasteiger partial charge in [-0.25, -0.2) is 4.98 Å². The summed E-state index contributed by atoms with van der Waals surface area (Å²) in [6, 6.07) is 8.22. The number of pyridine rings is 1. The van der Waals surface area contributed by atoms with Gasteiger partial charge in [0.2, 0.25) is 0 Å². The normalized spacial score (nSPS) is 14.2. The van der Waals surface area contributed by atoms with Crippen molar-refractivity contribution in [3.05, 3.63) is 55.3 Å². The molecule has 0 spiro atoms. The van der Waals surface area contributed by atoms with E-state index in [1.165, 1.54) is 6.07 Å². The molecule has 1 N–H and O–H groups in total. The highest BCUT2D eigenvalue weighted by Crippen LogP contribution is 2.31. The lowest BCUT2D eigenvalue weighted by atomic mass is 10.1. The maximum Gasteiger partial charge on any atom is 0.293 e. The molecule has 1 aromatic carbocycles. The second kappa shape index (κ2) is 7.98. The third-order valence-corrected chi connectivity index (χ3v) is 5.53. The average Bonchev–Trinajstić information content (AvgIpc) is 2.65. The van der Waals surface area contributed by atoms with E-state index in [4.69, 9.17) is 0 Å². The first-order valence-electron chi connectivity index (χ1n) is 8.43. The number of aromatic nitrogens is 1. The fourth-order valence-corrected chi connectivity index (χ4v) is 3.32. The molecule has 1 saturated heterocycles. The van der Waals surface area contributed by atoms with Crippen molar-refractivity contribution in [1.29, 1.82) is 0 Å². The number of anilines is 2. The molecule has 0 aliphatic carbocycles. The van der Waals surface area contributed by atoms with Gasteiger partial charge in [0.15, 0.2) is 0 Å². The fourth-order valence-electron chi connectivity index (χ4n) is 3.02. The zero-order valence-electron chi connectivity index (χ0n) is 14.4. The van der Waals surface area contributed by atoms with Gasteiger partial charge in [-0.05, 0) is 73.0 Å². The summed E-state index contributed by atoms with van der Waals surface area (Å²) in [5, 5.41) is 14.2. The van der Waals surface area contributed by atoms with Crippen LogP contribution < -0.4 is 10.2 Å². The van der Waals surface area contributed by atoms with Gasteiger partial charge in [0.25, 0.3) is 11.6 Å². The lowest BCUT2D eigenvalue weighted by molar-refractivity contribution is -0.384. The Hall–Kier alpha value is -2.23. The minimum atomic E-state index is -0.423. The van der Waals surface area contributed by atoms with E-state index in [1.807, 2.05) is 17.9 Å². The first kappa shape index (κ1) is 18.6. The molecule has 7 nitrogen and oxygen atoms in total. The number of halogens is 1. The molecule has 1 aromatic heterocycles. The Balaban J connectivity index is 1.85. The number of rotatable bonds is 4. The van der Waals surface area contributed by atoms with Gasteiger partial charge in [0.05, 0.1) is 10.6 Å². The van der Waals surface area contributed by atoms with Crippen molar-refractivity contribution >= 4 is 45.7 Å². The van der Waals surface area contributed by atoms with E-state index in [1.54, 1.807) is 18.2 Å². The van der Waals surface area contributed by atoms with Crippen LogP contribution in [-0.2, 0) is 0 Å². The lowest BCUT2D eigenvalue weighted by Crippen LogP contribution is -2.30. The van der Waals surface area contributed by atoms with E-state index < -0.39 is 10.8 Å². The van der Waals surface area contributed by atoms with E-state index in [0.29, 0.717) is 11.5 Å². The number of aryl methyl sites for hydroxylation is 1. The van der Waals surface area contributed by atoms with Gasteiger partial charge in [0.1, 0.15) is 11.5 Å². The van der Waals surface area contributed by atoms with Crippen LogP contribution in [0.5, 0.6) is 0 Å². The summed E-state index contributed by atoms with van der Waals surface area (Å²) in [4.78, 5) is 29.9. The number of benzene rings is 1. The molecule has 1 amide bonds. The van der Waals surface area contributed by atoms with Crippen molar-refractivity contribution in [2.45, 2.75) is 26.2 Å². The van der Waals surface area contributed by atoms with Crippen LogP contribution in [0.2, 0.25) is 0 Å². The standard InChI is InChI=1S/C18H19IN4O3/c1-12-14(19)6-8-17(20-12)21-18(24)13-5-7-15(16(11-13)23(25)26)22-9-3-2-4-10-22/h5-8,11H,2-4,9-10H2,1H3,(H,20,21,24). The second-order valence-corrected chi connectivity index (χ2v) is 7.39. The Morgan fingerprint density at radius 3 is 2.62 bits per heavy atom. The third kappa shape index (κ3) is 4.12. The van der Waals surface area contributed by atoms with E-state index in [-0.39, 0.29) is 11.3 Å². The Morgan fingerprint density at radius 1 is 1.23 bits per heavy atom. The predicted octanol–water partition coefficient (Wildman–Crippen LogP) is 4.15. The largest absolute Gasteiger partial charge is 0.366 e. The fraction of sp³-hybridized carbons (Fsp3) is 0.333. The number of nitro groups is 1. The molecular weight excluding hydrogens is 447 g/mol. The van der Waals surface area contributed by atoms with Crippen LogP contribution in [0.4, 0.5) is 17.2 Å². The zero-order valence-corrected chi connectivity index (χ0v) is 16.5. The molecule has 136 valence electrons. The van der Waals surface area contributed by atoms with Crippen molar-refractivity contribution in [3.8, 4) is 0 Å². The van der Waals surface area contributed by atoms with Crippen molar-refractivity contribution < 1.29 is 9.72 Å². The number of amides is 1. The maximum atomic E-state index is 12.5.